The Labute approximate surface area is 97.5 Å². The molecule has 0 atom stereocenters. The molecule has 0 amide bonds. The number of nitrogens with two attached hydrogens (primary N) is 1. The topological polar surface area (TPSA) is 64.1 Å². The van der Waals surface area contributed by atoms with Crippen molar-refractivity contribution in [2.45, 2.75) is 52.0 Å². The first-order valence-electron chi connectivity index (χ1n) is 6.21. The quantitative estimate of drug-likeness (QED) is 0.665. The molecule has 0 bridgehead atoms. The van der Waals surface area contributed by atoms with Crippen molar-refractivity contribution in [2.24, 2.45) is 0 Å². The van der Waals surface area contributed by atoms with Crippen LogP contribution in [0.5, 0.6) is 0 Å². The van der Waals surface area contributed by atoms with E-state index in [1.165, 1.54) is 32.1 Å². The Kier molecular flexibility index (Phi) is 5.93. The molecule has 0 aliphatic carbocycles. The van der Waals surface area contributed by atoms with Crippen molar-refractivity contribution >= 4 is 5.82 Å². The third kappa shape index (κ3) is 4.23. The van der Waals surface area contributed by atoms with E-state index in [-0.39, 0.29) is 6.61 Å². The van der Waals surface area contributed by atoms with Crippen molar-refractivity contribution in [2.75, 3.05) is 12.3 Å². The Morgan fingerprint density at radius 2 is 2.06 bits per heavy atom. The van der Waals surface area contributed by atoms with Gasteiger partial charge in [0.2, 0.25) is 0 Å². The van der Waals surface area contributed by atoms with Gasteiger partial charge in [0, 0.05) is 6.07 Å². The largest absolute Gasteiger partial charge is 0.394 e. The summed E-state index contributed by atoms with van der Waals surface area (Å²) in [6, 6.07) is 1.91. The number of aliphatic hydroxyl groups excluding tert-OH is 1. The van der Waals surface area contributed by atoms with Crippen LogP contribution in [0.2, 0.25) is 0 Å². The zero-order valence-corrected chi connectivity index (χ0v) is 10.2. The van der Waals surface area contributed by atoms with Crippen molar-refractivity contribution in [1.82, 2.24) is 9.78 Å². The average molecular weight is 225 g/mol. The van der Waals surface area contributed by atoms with E-state index in [1.54, 1.807) is 4.68 Å². The highest BCUT2D eigenvalue weighted by molar-refractivity contribution is 5.30. The summed E-state index contributed by atoms with van der Waals surface area (Å²) >= 11 is 0. The van der Waals surface area contributed by atoms with Crippen LogP contribution in [0.15, 0.2) is 6.07 Å². The molecule has 4 heteroatoms. The third-order valence-electron chi connectivity index (χ3n) is 2.71. The standard InChI is InChI=1S/C12H23N3O/c1-2-3-4-5-6-7-11-10-12(13)15(14-11)8-9-16/h10,16H,2-9,13H2,1H3. The summed E-state index contributed by atoms with van der Waals surface area (Å²) in [7, 11) is 0. The number of anilines is 1. The minimum absolute atomic E-state index is 0.0851. The van der Waals surface area contributed by atoms with Crippen LogP contribution in [0.4, 0.5) is 5.82 Å². The van der Waals surface area contributed by atoms with Crippen LogP contribution in [0, 0.1) is 0 Å². The average Bonchev–Trinajstić information content (AvgIpc) is 2.60. The zero-order chi connectivity index (χ0) is 11.8. The Balaban J connectivity index is 2.28. The van der Waals surface area contributed by atoms with E-state index >= 15 is 0 Å². The zero-order valence-electron chi connectivity index (χ0n) is 10.2. The monoisotopic (exact) mass is 225 g/mol. The molecule has 1 heterocycles. The Morgan fingerprint density at radius 1 is 1.31 bits per heavy atom. The van der Waals surface area contributed by atoms with Crippen molar-refractivity contribution < 1.29 is 5.11 Å². The lowest BCUT2D eigenvalue weighted by Crippen LogP contribution is -2.07. The molecule has 0 fully saturated rings. The fourth-order valence-electron chi connectivity index (χ4n) is 1.79. The number of hydrogen-bond donors (Lipinski definition) is 2. The Hall–Kier alpha value is -1.03. The predicted octanol–water partition coefficient (Wildman–Crippen LogP) is 1.97. The van der Waals surface area contributed by atoms with Gasteiger partial charge in [-0.05, 0) is 12.8 Å². The summed E-state index contributed by atoms with van der Waals surface area (Å²) in [5.41, 5.74) is 6.81. The van der Waals surface area contributed by atoms with Gasteiger partial charge in [-0.2, -0.15) is 5.10 Å². The predicted molar refractivity (Wildman–Crippen MR) is 66.2 cm³/mol. The maximum atomic E-state index is 8.81. The third-order valence-corrected chi connectivity index (χ3v) is 2.71. The van der Waals surface area contributed by atoms with Gasteiger partial charge in [0.05, 0.1) is 18.8 Å². The van der Waals surface area contributed by atoms with Gasteiger partial charge >= 0.3 is 0 Å². The molecule has 0 aromatic carbocycles. The van der Waals surface area contributed by atoms with Crippen LogP contribution in [0.3, 0.4) is 0 Å². The van der Waals surface area contributed by atoms with Crippen LogP contribution in [-0.2, 0) is 13.0 Å². The van der Waals surface area contributed by atoms with Gasteiger partial charge in [-0.15, -0.1) is 0 Å². The van der Waals surface area contributed by atoms with Gasteiger partial charge in [-0.1, -0.05) is 32.6 Å². The molecule has 0 saturated carbocycles. The molecule has 3 N–H and O–H groups in total. The fraction of sp³-hybridized carbons (Fsp3) is 0.750. The lowest BCUT2D eigenvalue weighted by Gasteiger charge is -1.99. The van der Waals surface area contributed by atoms with E-state index in [0.29, 0.717) is 12.4 Å². The molecule has 1 aromatic rings. The molecule has 0 saturated heterocycles. The van der Waals surface area contributed by atoms with Crippen molar-refractivity contribution in [3.63, 3.8) is 0 Å². The highest BCUT2D eigenvalue weighted by Crippen LogP contribution is 2.11. The van der Waals surface area contributed by atoms with E-state index in [0.717, 1.165) is 12.1 Å². The molecule has 4 nitrogen and oxygen atoms in total. The Morgan fingerprint density at radius 3 is 2.75 bits per heavy atom. The van der Waals surface area contributed by atoms with Crippen LogP contribution in [-0.4, -0.2) is 21.5 Å². The lowest BCUT2D eigenvalue weighted by molar-refractivity contribution is 0.270. The van der Waals surface area contributed by atoms with Gasteiger partial charge < -0.3 is 10.8 Å². The SMILES string of the molecule is CCCCCCCc1cc(N)n(CCO)n1. The van der Waals surface area contributed by atoms with Crippen LogP contribution >= 0.6 is 0 Å². The highest BCUT2D eigenvalue weighted by atomic mass is 16.3. The van der Waals surface area contributed by atoms with Gasteiger partial charge in [0.25, 0.3) is 0 Å². The van der Waals surface area contributed by atoms with Crippen LogP contribution in [0.25, 0.3) is 0 Å². The number of aryl methyl sites for hydroxylation is 1. The van der Waals surface area contributed by atoms with Gasteiger partial charge in [0.1, 0.15) is 5.82 Å². The summed E-state index contributed by atoms with van der Waals surface area (Å²) in [5, 5.41) is 13.2. The molecule has 0 spiro atoms. The minimum Gasteiger partial charge on any atom is -0.394 e. The van der Waals surface area contributed by atoms with E-state index < -0.39 is 0 Å². The fourth-order valence-corrected chi connectivity index (χ4v) is 1.79. The number of aromatic nitrogens is 2. The van der Waals surface area contributed by atoms with Gasteiger partial charge in [-0.25, -0.2) is 4.68 Å². The molecule has 0 radical (unpaired) electrons. The Bertz CT molecular complexity index is 296. The molecule has 0 aliphatic heterocycles. The summed E-state index contributed by atoms with van der Waals surface area (Å²) in [6.45, 7) is 2.79. The van der Waals surface area contributed by atoms with Gasteiger partial charge in [0.15, 0.2) is 0 Å². The normalized spacial score (nSPS) is 10.9. The van der Waals surface area contributed by atoms with E-state index in [1.807, 2.05) is 6.07 Å². The smallest absolute Gasteiger partial charge is 0.122 e. The molecular weight excluding hydrogens is 202 g/mol. The number of nitrogen functional groups attached to an aromatic ring is 1. The first kappa shape index (κ1) is 13.0. The maximum Gasteiger partial charge on any atom is 0.122 e. The number of nitrogens with zero attached hydrogens (tertiary/aromatic N) is 2. The second kappa shape index (κ2) is 7.28. The second-order valence-corrected chi connectivity index (χ2v) is 4.17. The van der Waals surface area contributed by atoms with Crippen LogP contribution < -0.4 is 5.73 Å². The molecule has 0 aliphatic rings. The lowest BCUT2D eigenvalue weighted by atomic mass is 10.1. The minimum atomic E-state index is 0.0851. The summed E-state index contributed by atoms with van der Waals surface area (Å²) in [6.07, 6.45) is 7.34. The van der Waals surface area contributed by atoms with Crippen molar-refractivity contribution in [3.8, 4) is 0 Å². The van der Waals surface area contributed by atoms with Crippen molar-refractivity contribution in [1.29, 1.82) is 0 Å². The first-order valence-corrected chi connectivity index (χ1v) is 6.21. The molecular formula is C12H23N3O. The van der Waals surface area contributed by atoms with E-state index in [2.05, 4.69) is 12.0 Å². The summed E-state index contributed by atoms with van der Waals surface area (Å²) in [5.74, 6) is 0.651. The number of aliphatic hydroxyl groups is 1. The highest BCUT2D eigenvalue weighted by Gasteiger charge is 2.03. The molecule has 92 valence electrons. The molecule has 1 rings (SSSR count). The van der Waals surface area contributed by atoms with Crippen LogP contribution in [0.1, 0.15) is 44.7 Å². The molecule has 0 unspecified atom stereocenters. The summed E-state index contributed by atoms with van der Waals surface area (Å²) in [4.78, 5) is 0. The van der Waals surface area contributed by atoms with Crippen molar-refractivity contribution in [3.05, 3.63) is 11.8 Å². The van der Waals surface area contributed by atoms with Gasteiger partial charge in [-0.3, -0.25) is 0 Å². The number of hydrogen-bond acceptors (Lipinski definition) is 3. The number of rotatable bonds is 8. The maximum absolute atomic E-state index is 8.81. The molecule has 16 heavy (non-hydrogen) atoms. The van der Waals surface area contributed by atoms with E-state index in [9.17, 15) is 0 Å². The molecule has 1 aromatic heterocycles. The second-order valence-electron chi connectivity index (χ2n) is 4.17. The number of unbranched alkanes of at least 4 members (excludes halogenated alkanes) is 4. The summed E-state index contributed by atoms with van der Waals surface area (Å²) < 4.78 is 1.67. The first-order chi connectivity index (χ1) is 7.77. The van der Waals surface area contributed by atoms with E-state index in [4.69, 9.17) is 10.8 Å².